The summed E-state index contributed by atoms with van der Waals surface area (Å²) in [7, 11) is 0. The van der Waals surface area contributed by atoms with Crippen LogP contribution in [0.15, 0.2) is 0 Å². The first-order valence-corrected chi connectivity index (χ1v) is 7.40. The molecule has 0 aromatic carbocycles. The van der Waals surface area contributed by atoms with Gasteiger partial charge >= 0.3 is 6.09 Å². The highest BCUT2D eigenvalue weighted by Gasteiger charge is 1.98. The summed E-state index contributed by atoms with van der Waals surface area (Å²) in [6.07, 6.45) is 5.61. The lowest BCUT2D eigenvalue weighted by atomic mass is 10.5. The second kappa shape index (κ2) is 18.4. The molecule has 0 radical (unpaired) electrons. The molecule has 0 aliphatic carbocycles. The van der Waals surface area contributed by atoms with Crippen molar-refractivity contribution in [2.75, 3.05) is 66.0 Å². The molecule has 23 heavy (non-hydrogen) atoms. The van der Waals surface area contributed by atoms with Crippen molar-refractivity contribution in [1.29, 1.82) is 0 Å². The minimum atomic E-state index is -0.560. The number of carbonyl (C=O) groups is 2. The van der Waals surface area contributed by atoms with Crippen LogP contribution in [-0.4, -0.2) is 78.4 Å². The SMILES string of the molecule is C#CCOC(=O)NCCOCCOCCOCCOCCC=O. The monoisotopic (exact) mass is 331 g/mol. The molecule has 0 spiro atoms. The van der Waals surface area contributed by atoms with Crippen LogP contribution in [0.5, 0.6) is 0 Å². The van der Waals surface area contributed by atoms with E-state index in [1.54, 1.807) is 0 Å². The third kappa shape index (κ3) is 18.3. The van der Waals surface area contributed by atoms with E-state index in [1.807, 2.05) is 0 Å². The summed E-state index contributed by atoms with van der Waals surface area (Å²) >= 11 is 0. The van der Waals surface area contributed by atoms with Gasteiger partial charge < -0.3 is 33.8 Å². The van der Waals surface area contributed by atoms with Crippen molar-refractivity contribution in [3.8, 4) is 12.3 Å². The van der Waals surface area contributed by atoms with Crippen molar-refractivity contribution in [2.45, 2.75) is 6.42 Å². The molecule has 0 saturated carbocycles. The lowest BCUT2D eigenvalue weighted by Gasteiger charge is -2.07. The van der Waals surface area contributed by atoms with E-state index in [9.17, 15) is 9.59 Å². The summed E-state index contributed by atoms with van der Waals surface area (Å²) in [5.74, 6) is 2.19. The molecule has 132 valence electrons. The number of terminal acetylenes is 1. The van der Waals surface area contributed by atoms with Crippen molar-refractivity contribution < 1.29 is 33.3 Å². The largest absolute Gasteiger partial charge is 0.436 e. The first-order chi connectivity index (χ1) is 11.3. The van der Waals surface area contributed by atoms with Gasteiger partial charge in [-0.1, -0.05) is 5.92 Å². The van der Waals surface area contributed by atoms with Crippen LogP contribution in [0, 0.1) is 12.3 Å². The molecule has 0 aromatic rings. The number of ether oxygens (including phenoxy) is 5. The second-order valence-corrected chi connectivity index (χ2v) is 4.11. The van der Waals surface area contributed by atoms with Gasteiger partial charge in [-0.3, -0.25) is 0 Å². The molecule has 0 fully saturated rings. The van der Waals surface area contributed by atoms with E-state index in [0.717, 1.165) is 6.29 Å². The minimum absolute atomic E-state index is 0.0481. The Morgan fingerprint density at radius 3 is 1.96 bits per heavy atom. The van der Waals surface area contributed by atoms with Gasteiger partial charge in [-0.25, -0.2) is 4.79 Å². The first kappa shape index (κ1) is 21.3. The normalized spacial score (nSPS) is 10.0. The molecule has 0 bridgehead atoms. The van der Waals surface area contributed by atoms with E-state index >= 15 is 0 Å². The van der Waals surface area contributed by atoms with E-state index in [1.165, 1.54) is 0 Å². The van der Waals surface area contributed by atoms with Gasteiger partial charge in [0, 0.05) is 13.0 Å². The molecule has 0 heterocycles. The molecular formula is C15H25NO7. The predicted molar refractivity (Wildman–Crippen MR) is 82.1 cm³/mol. The smallest absolute Gasteiger partial charge is 0.408 e. The van der Waals surface area contributed by atoms with Crippen molar-refractivity contribution in [2.24, 2.45) is 0 Å². The molecule has 0 saturated heterocycles. The number of hydrogen-bond donors (Lipinski definition) is 1. The van der Waals surface area contributed by atoms with Gasteiger partial charge in [0.2, 0.25) is 0 Å². The first-order valence-electron chi connectivity index (χ1n) is 7.40. The lowest BCUT2D eigenvalue weighted by Crippen LogP contribution is -2.28. The molecule has 0 atom stereocenters. The number of aldehydes is 1. The Morgan fingerprint density at radius 1 is 0.913 bits per heavy atom. The van der Waals surface area contributed by atoms with E-state index < -0.39 is 6.09 Å². The lowest BCUT2D eigenvalue weighted by molar-refractivity contribution is -0.108. The van der Waals surface area contributed by atoms with Crippen LogP contribution >= 0.6 is 0 Å². The van der Waals surface area contributed by atoms with Crippen LogP contribution < -0.4 is 5.32 Å². The highest BCUT2D eigenvalue weighted by Crippen LogP contribution is 1.84. The molecule has 0 aliphatic heterocycles. The fourth-order valence-electron chi connectivity index (χ4n) is 1.28. The van der Waals surface area contributed by atoms with E-state index in [2.05, 4.69) is 16.0 Å². The number of nitrogens with one attached hydrogen (secondary N) is 1. The zero-order valence-electron chi connectivity index (χ0n) is 13.3. The van der Waals surface area contributed by atoms with Crippen LogP contribution in [-0.2, 0) is 28.5 Å². The third-order valence-electron chi connectivity index (χ3n) is 2.30. The predicted octanol–water partition coefficient (Wildman–Crippen LogP) is 0.00120. The molecule has 0 rings (SSSR count). The van der Waals surface area contributed by atoms with E-state index in [-0.39, 0.29) is 6.61 Å². The molecular weight excluding hydrogens is 306 g/mol. The molecule has 0 aromatic heterocycles. The van der Waals surface area contributed by atoms with Gasteiger partial charge in [0.05, 0.1) is 52.9 Å². The molecule has 0 aliphatic rings. The third-order valence-corrected chi connectivity index (χ3v) is 2.30. The highest BCUT2D eigenvalue weighted by molar-refractivity contribution is 5.67. The van der Waals surface area contributed by atoms with E-state index in [0.29, 0.717) is 65.8 Å². The second-order valence-electron chi connectivity index (χ2n) is 4.11. The van der Waals surface area contributed by atoms with Crippen molar-refractivity contribution in [3.05, 3.63) is 0 Å². The minimum Gasteiger partial charge on any atom is -0.436 e. The van der Waals surface area contributed by atoms with Crippen LogP contribution in [0.1, 0.15) is 6.42 Å². The van der Waals surface area contributed by atoms with Crippen LogP contribution in [0.25, 0.3) is 0 Å². The number of rotatable bonds is 16. The van der Waals surface area contributed by atoms with Gasteiger partial charge in [0.15, 0.2) is 6.61 Å². The Hall–Kier alpha value is -1.66. The summed E-state index contributed by atoms with van der Waals surface area (Å²) < 4.78 is 25.5. The molecule has 1 N–H and O–H groups in total. The summed E-state index contributed by atoms with van der Waals surface area (Å²) in [5.41, 5.74) is 0. The highest BCUT2D eigenvalue weighted by atomic mass is 16.6. The van der Waals surface area contributed by atoms with Gasteiger partial charge in [-0.15, -0.1) is 6.42 Å². The summed E-state index contributed by atoms with van der Waals surface area (Å²) in [5, 5.41) is 2.49. The van der Waals surface area contributed by atoms with Gasteiger partial charge in [-0.05, 0) is 0 Å². The van der Waals surface area contributed by atoms with Gasteiger partial charge in [-0.2, -0.15) is 0 Å². The maximum Gasteiger partial charge on any atom is 0.408 e. The molecule has 0 unspecified atom stereocenters. The number of hydrogen-bond acceptors (Lipinski definition) is 7. The van der Waals surface area contributed by atoms with Crippen LogP contribution in [0.2, 0.25) is 0 Å². The molecule has 8 nitrogen and oxygen atoms in total. The average molecular weight is 331 g/mol. The number of amides is 1. The number of alkyl carbamates (subject to hydrolysis) is 1. The Morgan fingerprint density at radius 2 is 1.43 bits per heavy atom. The van der Waals surface area contributed by atoms with Crippen molar-refractivity contribution >= 4 is 12.4 Å². The summed E-state index contributed by atoms with van der Waals surface area (Å²) in [4.78, 5) is 21.0. The molecule has 8 heteroatoms. The maximum absolute atomic E-state index is 11.0. The van der Waals surface area contributed by atoms with Crippen LogP contribution in [0.4, 0.5) is 4.79 Å². The average Bonchev–Trinajstić information content (AvgIpc) is 2.56. The Bertz CT molecular complexity index is 330. The van der Waals surface area contributed by atoms with Gasteiger partial charge in [0.1, 0.15) is 6.29 Å². The van der Waals surface area contributed by atoms with Crippen LogP contribution in [0.3, 0.4) is 0 Å². The fraction of sp³-hybridized carbons (Fsp3) is 0.733. The fourth-order valence-corrected chi connectivity index (χ4v) is 1.28. The van der Waals surface area contributed by atoms with Crippen molar-refractivity contribution in [1.82, 2.24) is 5.32 Å². The van der Waals surface area contributed by atoms with E-state index in [4.69, 9.17) is 25.4 Å². The Kier molecular flexibility index (Phi) is 17.1. The standard InChI is InChI=1S/C15H25NO7/c1-2-6-23-15(18)16-4-8-20-10-12-22-14-13-21-11-9-19-7-3-5-17/h1,5H,3-4,6-14H2,(H,16,18). The van der Waals surface area contributed by atoms with Crippen molar-refractivity contribution in [3.63, 3.8) is 0 Å². The Balaban J connectivity index is 3.06. The zero-order valence-corrected chi connectivity index (χ0v) is 13.3. The zero-order chi connectivity index (χ0) is 17.0. The van der Waals surface area contributed by atoms with Gasteiger partial charge in [0.25, 0.3) is 0 Å². The Labute approximate surface area is 136 Å². The topological polar surface area (TPSA) is 92.3 Å². The molecule has 1 amide bonds. The maximum atomic E-state index is 11.0. The summed E-state index contributed by atoms with van der Waals surface area (Å²) in [6.45, 7) is 3.84. The quantitative estimate of drug-likeness (QED) is 0.242. The number of carbonyl (C=O) groups excluding carboxylic acids is 2. The summed E-state index contributed by atoms with van der Waals surface area (Å²) in [6, 6.07) is 0.